The summed E-state index contributed by atoms with van der Waals surface area (Å²) in [7, 11) is 3.23. The van der Waals surface area contributed by atoms with Gasteiger partial charge in [-0.05, 0) is 28.1 Å². The van der Waals surface area contributed by atoms with Crippen LogP contribution in [0.5, 0.6) is 11.5 Å². The van der Waals surface area contributed by atoms with E-state index in [9.17, 15) is 0 Å². The Morgan fingerprint density at radius 3 is 2.59 bits per heavy atom. The summed E-state index contributed by atoms with van der Waals surface area (Å²) in [6, 6.07) is 3.80. The van der Waals surface area contributed by atoms with Crippen molar-refractivity contribution >= 4 is 32.4 Å². The van der Waals surface area contributed by atoms with Crippen LogP contribution in [0.4, 0.5) is 5.13 Å². The zero-order valence-electron chi connectivity index (χ0n) is 9.36. The Bertz CT molecular complexity index is 542. The third-order valence-corrected chi connectivity index (χ3v) is 3.89. The highest BCUT2D eigenvalue weighted by Crippen LogP contribution is 2.43. The molecule has 1 aromatic heterocycles. The van der Waals surface area contributed by atoms with Crippen LogP contribution < -0.4 is 15.2 Å². The molecule has 0 saturated carbocycles. The highest BCUT2D eigenvalue weighted by molar-refractivity contribution is 9.10. The fourth-order valence-corrected chi connectivity index (χ4v) is 2.88. The summed E-state index contributed by atoms with van der Waals surface area (Å²) in [5, 5.41) is 0.536. The number of hydrogen-bond donors (Lipinski definition) is 1. The predicted molar refractivity (Wildman–Crippen MR) is 72.8 cm³/mol. The van der Waals surface area contributed by atoms with Crippen LogP contribution >= 0.6 is 27.3 Å². The zero-order valence-corrected chi connectivity index (χ0v) is 11.8. The first kappa shape index (κ1) is 12.2. The van der Waals surface area contributed by atoms with E-state index >= 15 is 0 Å². The zero-order chi connectivity index (χ0) is 12.4. The van der Waals surface area contributed by atoms with Crippen molar-refractivity contribution in [3.05, 3.63) is 22.8 Å². The van der Waals surface area contributed by atoms with E-state index in [0.29, 0.717) is 10.9 Å². The van der Waals surface area contributed by atoms with E-state index in [1.165, 1.54) is 11.3 Å². The van der Waals surface area contributed by atoms with Crippen LogP contribution in [0, 0.1) is 0 Å². The lowest BCUT2D eigenvalue weighted by Crippen LogP contribution is -1.92. The molecule has 0 saturated heterocycles. The molecule has 2 N–H and O–H groups in total. The van der Waals surface area contributed by atoms with Gasteiger partial charge in [0, 0.05) is 11.8 Å². The van der Waals surface area contributed by atoms with Crippen molar-refractivity contribution in [3.8, 4) is 21.9 Å². The molecule has 0 radical (unpaired) electrons. The Kier molecular flexibility index (Phi) is 3.54. The van der Waals surface area contributed by atoms with Gasteiger partial charge in [0.05, 0.1) is 19.1 Å². The molecule has 2 rings (SSSR count). The lowest BCUT2D eigenvalue weighted by atomic mass is 10.1. The summed E-state index contributed by atoms with van der Waals surface area (Å²) < 4.78 is 11.4. The maximum absolute atomic E-state index is 5.63. The molecule has 0 aliphatic carbocycles. The quantitative estimate of drug-likeness (QED) is 0.945. The average molecular weight is 315 g/mol. The molecule has 0 fully saturated rings. The van der Waals surface area contributed by atoms with Gasteiger partial charge in [0.2, 0.25) is 0 Å². The summed E-state index contributed by atoms with van der Waals surface area (Å²) in [5.74, 6) is 1.44. The second-order valence-electron chi connectivity index (χ2n) is 3.23. The van der Waals surface area contributed by atoms with Crippen molar-refractivity contribution in [2.24, 2.45) is 0 Å². The smallest absolute Gasteiger partial charge is 0.180 e. The molecule has 0 unspecified atom stereocenters. The summed E-state index contributed by atoms with van der Waals surface area (Å²) >= 11 is 4.88. The van der Waals surface area contributed by atoms with Gasteiger partial charge in [-0.1, -0.05) is 11.3 Å². The topological polar surface area (TPSA) is 57.4 Å². The molecule has 0 atom stereocenters. The molecule has 2 aromatic rings. The third-order valence-electron chi connectivity index (χ3n) is 2.27. The summed E-state index contributed by atoms with van der Waals surface area (Å²) in [6.07, 6.45) is 1.73. The van der Waals surface area contributed by atoms with Gasteiger partial charge in [0.25, 0.3) is 0 Å². The van der Waals surface area contributed by atoms with Gasteiger partial charge in [-0.2, -0.15) is 0 Å². The lowest BCUT2D eigenvalue weighted by Gasteiger charge is -2.11. The molecule has 0 spiro atoms. The number of nitrogens with two attached hydrogens (primary N) is 1. The first-order chi connectivity index (χ1) is 8.17. The minimum absolute atomic E-state index is 0.536. The van der Waals surface area contributed by atoms with E-state index < -0.39 is 0 Å². The van der Waals surface area contributed by atoms with Gasteiger partial charge < -0.3 is 15.2 Å². The van der Waals surface area contributed by atoms with E-state index in [-0.39, 0.29) is 0 Å². The number of ether oxygens (including phenoxy) is 2. The molecule has 1 aromatic carbocycles. The van der Waals surface area contributed by atoms with Crippen molar-refractivity contribution in [2.45, 2.75) is 0 Å². The van der Waals surface area contributed by atoms with Crippen LogP contribution in [0.1, 0.15) is 0 Å². The molecule has 6 heteroatoms. The van der Waals surface area contributed by atoms with Crippen LogP contribution in [0.15, 0.2) is 22.8 Å². The summed E-state index contributed by atoms with van der Waals surface area (Å²) in [6.45, 7) is 0. The highest BCUT2D eigenvalue weighted by atomic mass is 79.9. The largest absolute Gasteiger partial charge is 0.495 e. The Morgan fingerprint density at radius 2 is 2.06 bits per heavy atom. The number of halogens is 1. The average Bonchev–Trinajstić information content (AvgIpc) is 2.75. The molecule has 1 heterocycles. The highest BCUT2D eigenvalue weighted by Gasteiger charge is 2.15. The van der Waals surface area contributed by atoms with Crippen molar-refractivity contribution in [3.63, 3.8) is 0 Å². The van der Waals surface area contributed by atoms with Crippen LogP contribution in [0.25, 0.3) is 10.4 Å². The van der Waals surface area contributed by atoms with Gasteiger partial charge in [0.15, 0.2) is 5.13 Å². The maximum Gasteiger partial charge on any atom is 0.180 e. The van der Waals surface area contributed by atoms with E-state index in [2.05, 4.69) is 20.9 Å². The summed E-state index contributed by atoms with van der Waals surface area (Å²) in [4.78, 5) is 5.00. The van der Waals surface area contributed by atoms with E-state index in [1.807, 2.05) is 12.1 Å². The Hall–Kier alpha value is -1.27. The van der Waals surface area contributed by atoms with Crippen molar-refractivity contribution < 1.29 is 9.47 Å². The molecule has 0 aliphatic heterocycles. The molecule has 0 amide bonds. The van der Waals surface area contributed by atoms with Crippen LogP contribution in [0.3, 0.4) is 0 Å². The van der Waals surface area contributed by atoms with E-state index in [0.717, 1.165) is 20.7 Å². The van der Waals surface area contributed by atoms with Crippen molar-refractivity contribution in [2.75, 3.05) is 20.0 Å². The lowest BCUT2D eigenvalue weighted by molar-refractivity contribution is 0.390. The first-order valence-corrected chi connectivity index (χ1v) is 6.40. The second kappa shape index (κ2) is 4.93. The molecule has 17 heavy (non-hydrogen) atoms. The number of methoxy groups -OCH3 is 2. The van der Waals surface area contributed by atoms with E-state index in [1.54, 1.807) is 20.4 Å². The van der Waals surface area contributed by atoms with Gasteiger partial charge in [-0.15, -0.1) is 0 Å². The standard InChI is InChI=1S/C11H11BrN2O2S/c1-15-7-4-3-6(10(16-2)9(7)12)8-5-14-11(13)17-8/h3-5H,1-2H3,(H2,13,14). The minimum atomic E-state index is 0.536. The number of benzene rings is 1. The predicted octanol–water partition coefficient (Wildman–Crippen LogP) is 3.17. The minimum Gasteiger partial charge on any atom is -0.495 e. The number of nitrogen functional groups attached to an aromatic ring is 1. The van der Waals surface area contributed by atoms with Gasteiger partial charge >= 0.3 is 0 Å². The van der Waals surface area contributed by atoms with Crippen molar-refractivity contribution in [1.29, 1.82) is 0 Å². The Morgan fingerprint density at radius 1 is 1.29 bits per heavy atom. The summed E-state index contributed by atoms with van der Waals surface area (Å²) in [5.41, 5.74) is 6.57. The van der Waals surface area contributed by atoms with Crippen LogP contribution in [-0.4, -0.2) is 19.2 Å². The number of nitrogens with zero attached hydrogens (tertiary/aromatic N) is 1. The van der Waals surface area contributed by atoms with Crippen LogP contribution in [0.2, 0.25) is 0 Å². The number of anilines is 1. The van der Waals surface area contributed by atoms with Gasteiger partial charge in [-0.25, -0.2) is 4.98 Å². The maximum atomic E-state index is 5.63. The molecular weight excluding hydrogens is 304 g/mol. The van der Waals surface area contributed by atoms with Crippen LogP contribution in [-0.2, 0) is 0 Å². The fraction of sp³-hybridized carbons (Fsp3) is 0.182. The van der Waals surface area contributed by atoms with E-state index in [4.69, 9.17) is 15.2 Å². The molecule has 90 valence electrons. The normalized spacial score (nSPS) is 10.3. The molecule has 4 nitrogen and oxygen atoms in total. The third kappa shape index (κ3) is 2.23. The van der Waals surface area contributed by atoms with Crippen molar-refractivity contribution in [1.82, 2.24) is 4.98 Å². The monoisotopic (exact) mass is 314 g/mol. The SMILES string of the molecule is COc1ccc(-c2cnc(N)s2)c(OC)c1Br. The number of hydrogen-bond acceptors (Lipinski definition) is 5. The molecule has 0 bridgehead atoms. The Balaban J connectivity index is 2.58. The fourth-order valence-electron chi connectivity index (χ4n) is 1.50. The van der Waals surface area contributed by atoms with Gasteiger partial charge in [0.1, 0.15) is 16.0 Å². The van der Waals surface area contributed by atoms with Gasteiger partial charge in [-0.3, -0.25) is 0 Å². The second-order valence-corrected chi connectivity index (χ2v) is 5.08. The number of thiazole rings is 1. The Labute approximate surface area is 112 Å². The molecular formula is C11H11BrN2O2S. The first-order valence-electron chi connectivity index (χ1n) is 4.79. The number of aromatic nitrogens is 1. The number of rotatable bonds is 3. The molecule has 0 aliphatic rings.